The van der Waals surface area contributed by atoms with Gasteiger partial charge in [-0.2, -0.15) is 5.10 Å². The molecule has 5 heteroatoms. The Hall–Kier alpha value is -1.62. The van der Waals surface area contributed by atoms with Gasteiger partial charge in [0.05, 0.1) is 5.39 Å². The second kappa shape index (κ2) is 5.54. The van der Waals surface area contributed by atoms with Crippen molar-refractivity contribution in [2.75, 3.05) is 25.4 Å². The molecule has 0 bridgehead atoms. The van der Waals surface area contributed by atoms with Gasteiger partial charge in [0, 0.05) is 31.7 Å². The molecule has 1 saturated carbocycles. The zero-order chi connectivity index (χ0) is 15.1. The number of likely N-dealkylation sites (tertiary alicyclic amines) is 1. The highest BCUT2D eigenvalue weighted by atomic mass is 15.3. The van der Waals surface area contributed by atoms with Crippen LogP contribution in [0.2, 0.25) is 0 Å². The number of fused-ring (bicyclic) bond motifs is 1. The summed E-state index contributed by atoms with van der Waals surface area (Å²) in [5.41, 5.74) is 8.04. The van der Waals surface area contributed by atoms with E-state index in [1.807, 2.05) is 7.05 Å². The average molecular weight is 299 g/mol. The third-order valence-corrected chi connectivity index (χ3v) is 5.40. The van der Waals surface area contributed by atoms with E-state index in [9.17, 15) is 0 Å². The number of pyridine rings is 1. The summed E-state index contributed by atoms with van der Waals surface area (Å²) in [4.78, 5) is 7.52. The van der Waals surface area contributed by atoms with Crippen molar-refractivity contribution >= 4 is 16.9 Å². The zero-order valence-corrected chi connectivity index (χ0v) is 13.3. The van der Waals surface area contributed by atoms with Gasteiger partial charge in [-0.25, -0.2) is 9.67 Å². The molecule has 0 aromatic carbocycles. The van der Waals surface area contributed by atoms with E-state index in [2.05, 4.69) is 22.1 Å². The Morgan fingerprint density at radius 2 is 2.09 bits per heavy atom. The first-order valence-electron chi connectivity index (χ1n) is 8.52. The number of hydrogen-bond acceptors (Lipinski definition) is 4. The van der Waals surface area contributed by atoms with Gasteiger partial charge < -0.3 is 10.6 Å². The molecule has 3 heterocycles. The van der Waals surface area contributed by atoms with Crippen molar-refractivity contribution in [3.63, 3.8) is 0 Å². The van der Waals surface area contributed by atoms with Gasteiger partial charge in [-0.3, -0.25) is 0 Å². The zero-order valence-electron chi connectivity index (χ0n) is 13.3. The Labute approximate surface area is 131 Å². The molecule has 22 heavy (non-hydrogen) atoms. The van der Waals surface area contributed by atoms with Crippen LogP contribution in [0.4, 0.5) is 5.82 Å². The molecular weight excluding hydrogens is 274 g/mol. The molecule has 2 N–H and O–H groups in total. The van der Waals surface area contributed by atoms with E-state index >= 15 is 0 Å². The minimum atomic E-state index is 0.550. The van der Waals surface area contributed by atoms with Crippen molar-refractivity contribution in [2.24, 2.45) is 13.0 Å². The van der Waals surface area contributed by atoms with Gasteiger partial charge in [0.25, 0.3) is 0 Å². The van der Waals surface area contributed by atoms with Gasteiger partial charge in [0.15, 0.2) is 11.5 Å². The molecule has 5 nitrogen and oxygen atoms in total. The predicted molar refractivity (Wildman–Crippen MR) is 88.7 cm³/mol. The summed E-state index contributed by atoms with van der Waals surface area (Å²) in [6, 6.07) is 4.24. The molecule has 1 aliphatic carbocycles. The molecule has 4 rings (SSSR count). The second-order valence-corrected chi connectivity index (χ2v) is 7.01. The van der Waals surface area contributed by atoms with Crippen molar-refractivity contribution in [1.29, 1.82) is 0 Å². The fourth-order valence-corrected chi connectivity index (χ4v) is 3.90. The summed E-state index contributed by atoms with van der Waals surface area (Å²) in [6.45, 7) is 3.70. The molecule has 0 spiro atoms. The first-order chi connectivity index (χ1) is 10.7. The van der Waals surface area contributed by atoms with E-state index in [1.54, 1.807) is 4.68 Å². The van der Waals surface area contributed by atoms with Gasteiger partial charge in [-0.15, -0.1) is 0 Å². The third-order valence-electron chi connectivity index (χ3n) is 5.40. The maximum absolute atomic E-state index is 5.92. The lowest BCUT2D eigenvalue weighted by Crippen LogP contribution is -2.39. The molecule has 2 fully saturated rings. The molecular formula is C17H25N5. The summed E-state index contributed by atoms with van der Waals surface area (Å²) in [5.74, 6) is 2.08. The molecule has 0 amide bonds. The van der Waals surface area contributed by atoms with E-state index in [1.165, 1.54) is 50.9 Å². The summed E-state index contributed by atoms with van der Waals surface area (Å²) in [5, 5.41) is 5.24. The van der Waals surface area contributed by atoms with Crippen LogP contribution in [0.25, 0.3) is 11.0 Å². The largest absolute Gasteiger partial charge is 0.382 e. The Morgan fingerprint density at radius 1 is 1.23 bits per heavy atom. The number of nitrogens with zero attached hydrogens (tertiary/aromatic N) is 4. The maximum atomic E-state index is 5.92. The molecule has 1 aliphatic heterocycles. The Kier molecular flexibility index (Phi) is 3.53. The van der Waals surface area contributed by atoms with Crippen LogP contribution in [0.5, 0.6) is 0 Å². The van der Waals surface area contributed by atoms with Crippen LogP contribution in [-0.4, -0.2) is 39.3 Å². The lowest BCUT2D eigenvalue weighted by molar-refractivity contribution is 0.143. The highest BCUT2D eigenvalue weighted by Crippen LogP contribution is 2.32. The molecule has 2 aromatic rings. The van der Waals surface area contributed by atoms with Crippen LogP contribution in [0.1, 0.15) is 43.7 Å². The Morgan fingerprint density at radius 3 is 2.86 bits per heavy atom. The van der Waals surface area contributed by atoms with Gasteiger partial charge >= 0.3 is 0 Å². The fraction of sp³-hybridized carbons (Fsp3) is 0.647. The van der Waals surface area contributed by atoms with Crippen LogP contribution < -0.4 is 5.73 Å². The number of rotatable bonds is 3. The van der Waals surface area contributed by atoms with Gasteiger partial charge in [-0.05, 0) is 50.3 Å². The Balaban J connectivity index is 1.53. The fourth-order valence-electron chi connectivity index (χ4n) is 3.90. The first kappa shape index (κ1) is 14.0. The molecule has 0 radical (unpaired) electrons. The quantitative estimate of drug-likeness (QED) is 0.946. The third kappa shape index (κ3) is 2.47. The molecule has 0 unspecified atom stereocenters. The summed E-state index contributed by atoms with van der Waals surface area (Å²) >= 11 is 0. The van der Waals surface area contributed by atoms with E-state index in [0.717, 1.165) is 23.5 Å². The minimum absolute atomic E-state index is 0.550. The van der Waals surface area contributed by atoms with Gasteiger partial charge in [-0.1, -0.05) is 6.42 Å². The monoisotopic (exact) mass is 299 g/mol. The highest BCUT2D eigenvalue weighted by molar-refractivity contribution is 5.86. The van der Waals surface area contributed by atoms with Crippen molar-refractivity contribution in [3.8, 4) is 0 Å². The molecule has 1 atom stereocenters. The van der Waals surface area contributed by atoms with Crippen LogP contribution in [0.15, 0.2) is 12.1 Å². The maximum Gasteiger partial charge on any atom is 0.159 e. The van der Waals surface area contributed by atoms with Crippen LogP contribution in [-0.2, 0) is 7.05 Å². The summed E-state index contributed by atoms with van der Waals surface area (Å²) in [7, 11) is 1.92. The molecule has 1 saturated heterocycles. The summed E-state index contributed by atoms with van der Waals surface area (Å²) < 4.78 is 1.79. The van der Waals surface area contributed by atoms with Crippen molar-refractivity contribution in [1.82, 2.24) is 19.7 Å². The molecule has 2 aliphatic rings. The SMILES string of the molecule is Cn1nc(N)c2ccc([C@H]3CCCN(CC4CCC4)C3)nc21. The number of aromatic nitrogens is 3. The van der Waals surface area contributed by atoms with E-state index in [-0.39, 0.29) is 0 Å². The van der Waals surface area contributed by atoms with Gasteiger partial charge in [0.2, 0.25) is 0 Å². The number of hydrogen-bond donors (Lipinski definition) is 1. The van der Waals surface area contributed by atoms with Crippen LogP contribution in [0, 0.1) is 5.92 Å². The highest BCUT2D eigenvalue weighted by Gasteiger charge is 2.26. The van der Waals surface area contributed by atoms with Crippen LogP contribution in [0.3, 0.4) is 0 Å². The minimum Gasteiger partial charge on any atom is -0.382 e. The number of piperidine rings is 1. The van der Waals surface area contributed by atoms with Gasteiger partial charge in [0.1, 0.15) is 0 Å². The summed E-state index contributed by atoms with van der Waals surface area (Å²) in [6.07, 6.45) is 6.82. The molecule has 118 valence electrons. The topological polar surface area (TPSA) is 60.0 Å². The smallest absolute Gasteiger partial charge is 0.159 e. The number of nitrogen functional groups attached to an aromatic ring is 1. The standard InChI is InChI=1S/C17H25N5/c1-21-17-14(16(18)20-21)7-8-15(19-17)13-6-3-9-22(11-13)10-12-4-2-5-12/h7-8,12-13H,2-6,9-11H2,1H3,(H2,18,20)/t13-/m0/s1. The predicted octanol–water partition coefficient (Wildman–Crippen LogP) is 2.53. The van der Waals surface area contributed by atoms with Crippen molar-refractivity contribution in [3.05, 3.63) is 17.8 Å². The second-order valence-electron chi connectivity index (χ2n) is 7.01. The lowest BCUT2D eigenvalue weighted by atomic mass is 9.84. The van der Waals surface area contributed by atoms with E-state index in [4.69, 9.17) is 10.7 Å². The average Bonchev–Trinajstić information content (AvgIpc) is 2.78. The van der Waals surface area contributed by atoms with E-state index < -0.39 is 0 Å². The van der Waals surface area contributed by atoms with Crippen LogP contribution >= 0.6 is 0 Å². The lowest BCUT2D eigenvalue weighted by Gasteiger charge is -2.37. The normalized spacial score (nSPS) is 23.8. The number of anilines is 1. The number of aryl methyl sites for hydroxylation is 1. The van der Waals surface area contributed by atoms with E-state index in [0.29, 0.717) is 11.7 Å². The molecule has 2 aromatic heterocycles. The number of nitrogens with two attached hydrogens (primary N) is 1. The first-order valence-corrected chi connectivity index (χ1v) is 8.52. The van der Waals surface area contributed by atoms with Crippen molar-refractivity contribution < 1.29 is 0 Å². The Bertz CT molecular complexity index is 673. The van der Waals surface area contributed by atoms with Crippen molar-refractivity contribution in [2.45, 2.75) is 38.0 Å².